The third-order valence-corrected chi connectivity index (χ3v) is 2.86. The predicted molar refractivity (Wildman–Crippen MR) is 74.6 cm³/mol. The number of nitrogens with zero attached hydrogens (tertiary/aromatic N) is 1. The van der Waals surface area contributed by atoms with Gasteiger partial charge in [0.15, 0.2) is 0 Å². The second-order valence-electron chi connectivity index (χ2n) is 4.58. The van der Waals surface area contributed by atoms with Gasteiger partial charge in [-0.25, -0.2) is 4.79 Å². The van der Waals surface area contributed by atoms with E-state index in [0.29, 0.717) is 13.0 Å². The van der Waals surface area contributed by atoms with E-state index in [1.165, 1.54) is 4.90 Å². The number of amides is 2. The van der Waals surface area contributed by atoms with Crippen LogP contribution in [0.1, 0.15) is 24.0 Å². The van der Waals surface area contributed by atoms with Crippen LogP contribution in [0.25, 0.3) is 0 Å². The molecule has 0 unspecified atom stereocenters. The van der Waals surface area contributed by atoms with E-state index in [1.54, 1.807) is 7.05 Å². The summed E-state index contributed by atoms with van der Waals surface area (Å²) in [5.41, 5.74) is 3.03. The summed E-state index contributed by atoms with van der Waals surface area (Å²) in [6.07, 6.45) is 0.495. The van der Waals surface area contributed by atoms with Crippen LogP contribution in [0.15, 0.2) is 18.2 Å². The first-order chi connectivity index (χ1) is 8.91. The summed E-state index contributed by atoms with van der Waals surface area (Å²) < 4.78 is 0. The van der Waals surface area contributed by atoms with Crippen LogP contribution in [-0.4, -0.2) is 30.7 Å². The fraction of sp³-hybridized carbons (Fsp3) is 0.429. The number of aliphatic carboxylic acids is 1. The summed E-state index contributed by atoms with van der Waals surface area (Å²) >= 11 is 0. The van der Waals surface area contributed by atoms with Crippen molar-refractivity contribution in [3.8, 4) is 0 Å². The lowest BCUT2D eigenvalue weighted by atomic mass is 10.1. The van der Waals surface area contributed by atoms with Crippen molar-refractivity contribution in [2.75, 3.05) is 18.5 Å². The zero-order chi connectivity index (χ0) is 14.4. The molecular formula is C14H20N2O3. The summed E-state index contributed by atoms with van der Waals surface area (Å²) in [5, 5.41) is 11.2. The molecule has 104 valence electrons. The SMILES string of the molecule is Cc1ccc(N(C)C(=O)NCCCC(=O)O)c(C)c1. The fourth-order valence-electron chi connectivity index (χ4n) is 1.84. The van der Waals surface area contributed by atoms with Crippen LogP contribution in [0.3, 0.4) is 0 Å². The molecule has 5 nitrogen and oxygen atoms in total. The molecule has 0 fully saturated rings. The van der Waals surface area contributed by atoms with Gasteiger partial charge in [0.2, 0.25) is 0 Å². The molecule has 0 heterocycles. The zero-order valence-electron chi connectivity index (χ0n) is 11.6. The molecule has 2 N–H and O–H groups in total. The van der Waals surface area contributed by atoms with Crippen LogP contribution >= 0.6 is 0 Å². The third-order valence-electron chi connectivity index (χ3n) is 2.86. The number of carboxylic acids is 1. The Kier molecular flexibility index (Phi) is 5.36. The van der Waals surface area contributed by atoms with Gasteiger partial charge in [-0.15, -0.1) is 0 Å². The number of nitrogens with one attached hydrogen (secondary N) is 1. The van der Waals surface area contributed by atoms with E-state index >= 15 is 0 Å². The molecule has 0 aliphatic rings. The van der Waals surface area contributed by atoms with Crippen molar-refractivity contribution >= 4 is 17.7 Å². The topological polar surface area (TPSA) is 69.6 Å². The Bertz CT molecular complexity index is 472. The Morgan fingerprint density at radius 2 is 2.00 bits per heavy atom. The summed E-state index contributed by atoms with van der Waals surface area (Å²) in [6.45, 7) is 4.32. The molecular weight excluding hydrogens is 244 g/mol. The number of carbonyl (C=O) groups excluding carboxylic acids is 1. The van der Waals surface area contributed by atoms with Crippen LogP contribution in [0.2, 0.25) is 0 Å². The fourth-order valence-corrected chi connectivity index (χ4v) is 1.84. The van der Waals surface area contributed by atoms with Crippen LogP contribution in [0, 0.1) is 13.8 Å². The molecule has 0 aromatic heterocycles. The minimum atomic E-state index is -0.850. The first-order valence-electron chi connectivity index (χ1n) is 6.22. The summed E-state index contributed by atoms with van der Waals surface area (Å²) in [7, 11) is 1.70. The maximum Gasteiger partial charge on any atom is 0.321 e. The minimum absolute atomic E-state index is 0.0630. The van der Waals surface area contributed by atoms with Gasteiger partial charge in [-0.3, -0.25) is 9.69 Å². The smallest absolute Gasteiger partial charge is 0.321 e. The number of anilines is 1. The van der Waals surface area contributed by atoms with Crippen molar-refractivity contribution in [1.82, 2.24) is 5.32 Å². The highest BCUT2D eigenvalue weighted by molar-refractivity contribution is 5.92. The van der Waals surface area contributed by atoms with E-state index in [4.69, 9.17) is 5.11 Å². The van der Waals surface area contributed by atoms with Gasteiger partial charge < -0.3 is 10.4 Å². The zero-order valence-corrected chi connectivity index (χ0v) is 11.6. The normalized spacial score (nSPS) is 10.1. The number of benzene rings is 1. The summed E-state index contributed by atoms with van der Waals surface area (Å²) in [6, 6.07) is 5.65. The van der Waals surface area contributed by atoms with E-state index in [9.17, 15) is 9.59 Å². The lowest BCUT2D eigenvalue weighted by molar-refractivity contribution is -0.137. The average molecular weight is 264 g/mol. The molecule has 1 aromatic carbocycles. The van der Waals surface area contributed by atoms with E-state index in [0.717, 1.165) is 16.8 Å². The van der Waals surface area contributed by atoms with Crippen LogP contribution in [-0.2, 0) is 4.79 Å². The van der Waals surface area contributed by atoms with Gasteiger partial charge in [-0.05, 0) is 31.9 Å². The lowest BCUT2D eigenvalue weighted by Gasteiger charge is -2.20. The van der Waals surface area contributed by atoms with Crippen molar-refractivity contribution in [1.29, 1.82) is 0 Å². The van der Waals surface area contributed by atoms with Gasteiger partial charge in [-0.2, -0.15) is 0 Å². The summed E-state index contributed by atoms with van der Waals surface area (Å²) in [4.78, 5) is 23.8. The van der Waals surface area contributed by atoms with Gasteiger partial charge in [0.1, 0.15) is 0 Å². The van der Waals surface area contributed by atoms with E-state index < -0.39 is 5.97 Å². The largest absolute Gasteiger partial charge is 0.481 e. The highest BCUT2D eigenvalue weighted by Gasteiger charge is 2.12. The lowest BCUT2D eigenvalue weighted by Crippen LogP contribution is -2.38. The number of rotatable bonds is 5. The summed E-state index contributed by atoms with van der Waals surface area (Å²) in [5.74, 6) is -0.850. The first-order valence-corrected chi connectivity index (χ1v) is 6.22. The molecule has 1 rings (SSSR count). The van der Waals surface area contributed by atoms with Crippen molar-refractivity contribution < 1.29 is 14.7 Å². The Hall–Kier alpha value is -2.04. The van der Waals surface area contributed by atoms with E-state index in [2.05, 4.69) is 5.32 Å². The van der Waals surface area contributed by atoms with Crippen LogP contribution < -0.4 is 10.2 Å². The van der Waals surface area contributed by atoms with Gasteiger partial charge in [-0.1, -0.05) is 17.7 Å². The van der Waals surface area contributed by atoms with Crippen molar-refractivity contribution in [2.24, 2.45) is 0 Å². The second kappa shape index (κ2) is 6.78. The van der Waals surface area contributed by atoms with E-state index in [-0.39, 0.29) is 12.5 Å². The Morgan fingerprint density at radius 1 is 1.32 bits per heavy atom. The molecule has 0 radical (unpaired) electrons. The van der Waals surface area contributed by atoms with Crippen molar-refractivity contribution in [2.45, 2.75) is 26.7 Å². The molecule has 0 aliphatic heterocycles. The third kappa shape index (κ3) is 4.62. The molecule has 0 saturated heterocycles. The number of hydrogen-bond donors (Lipinski definition) is 2. The second-order valence-corrected chi connectivity index (χ2v) is 4.58. The van der Waals surface area contributed by atoms with E-state index in [1.807, 2.05) is 32.0 Å². The number of carbonyl (C=O) groups is 2. The predicted octanol–water partition coefficient (Wildman–Crippen LogP) is 2.31. The molecule has 2 amide bonds. The van der Waals surface area contributed by atoms with Crippen molar-refractivity contribution in [3.63, 3.8) is 0 Å². The number of carboxylic acid groups (broad SMARTS) is 1. The Labute approximate surface area is 113 Å². The monoisotopic (exact) mass is 264 g/mol. The Balaban J connectivity index is 2.54. The van der Waals surface area contributed by atoms with Gasteiger partial charge >= 0.3 is 12.0 Å². The number of aryl methyl sites for hydroxylation is 2. The maximum atomic E-state index is 11.9. The van der Waals surface area contributed by atoms with Gasteiger partial charge in [0.25, 0.3) is 0 Å². The number of hydrogen-bond acceptors (Lipinski definition) is 2. The molecule has 19 heavy (non-hydrogen) atoms. The van der Waals surface area contributed by atoms with Crippen LogP contribution in [0.4, 0.5) is 10.5 Å². The maximum absolute atomic E-state index is 11.9. The molecule has 1 aromatic rings. The minimum Gasteiger partial charge on any atom is -0.481 e. The number of urea groups is 1. The molecule has 0 atom stereocenters. The average Bonchev–Trinajstić information content (AvgIpc) is 2.33. The first kappa shape index (κ1) is 15.0. The molecule has 0 spiro atoms. The van der Waals surface area contributed by atoms with Crippen molar-refractivity contribution in [3.05, 3.63) is 29.3 Å². The highest BCUT2D eigenvalue weighted by atomic mass is 16.4. The van der Waals surface area contributed by atoms with Crippen LogP contribution in [0.5, 0.6) is 0 Å². The molecule has 0 bridgehead atoms. The standard InChI is InChI=1S/C14H20N2O3/c1-10-6-7-12(11(2)9-10)16(3)14(19)15-8-4-5-13(17)18/h6-7,9H,4-5,8H2,1-3H3,(H,15,19)(H,17,18). The quantitative estimate of drug-likeness (QED) is 0.802. The molecule has 5 heteroatoms. The van der Waals surface area contributed by atoms with Gasteiger partial charge in [0.05, 0.1) is 0 Å². The highest BCUT2D eigenvalue weighted by Crippen LogP contribution is 2.19. The molecule has 0 saturated carbocycles. The molecule has 0 aliphatic carbocycles. The van der Waals surface area contributed by atoms with Gasteiger partial charge in [0, 0.05) is 25.7 Å². The Morgan fingerprint density at radius 3 is 2.58 bits per heavy atom.